The molecule has 0 bridgehead atoms. The lowest BCUT2D eigenvalue weighted by molar-refractivity contribution is -0.131. The van der Waals surface area contributed by atoms with Gasteiger partial charge in [-0.3, -0.25) is 14.7 Å². The van der Waals surface area contributed by atoms with Gasteiger partial charge in [0.25, 0.3) is 5.91 Å². The van der Waals surface area contributed by atoms with E-state index in [-0.39, 0.29) is 5.91 Å². The summed E-state index contributed by atoms with van der Waals surface area (Å²) in [7, 11) is 0. The number of aryl methyl sites for hydroxylation is 2. The molecule has 0 unspecified atom stereocenters. The molecule has 164 valence electrons. The monoisotopic (exact) mass is 465 g/mol. The number of rotatable bonds is 6. The highest BCUT2D eigenvalue weighted by atomic mass is 35.5. The molecule has 4 rings (SSSR count). The minimum Gasteiger partial charge on any atom is -0.478 e. The Balaban J connectivity index is 1.72. The number of pyridine rings is 1. The van der Waals surface area contributed by atoms with Crippen molar-refractivity contribution in [1.29, 1.82) is 0 Å². The summed E-state index contributed by atoms with van der Waals surface area (Å²) in [6.07, 6.45) is 3.48. The second kappa shape index (κ2) is 8.88. The predicted octanol–water partition coefficient (Wildman–Crippen LogP) is 6.35. The number of carbonyl (C=O) groups is 1. The fraction of sp³-hybridized carbons (Fsp3) is 0.240. The number of thiazole rings is 1. The normalized spacial score (nSPS) is 11.5. The highest BCUT2D eigenvalue weighted by Gasteiger charge is 2.36. The molecule has 2 heterocycles. The number of amides is 1. The van der Waals surface area contributed by atoms with Crippen molar-refractivity contribution in [3.05, 3.63) is 82.6 Å². The molecule has 2 aromatic carbocycles. The Morgan fingerprint density at radius 3 is 2.56 bits per heavy atom. The summed E-state index contributed by atoms with van der Waals surface area (Å²) in [5.74, 6) is 0.384. The molecule has 0 spiro atoms. The molecule has 0 aliphatic carbocycles. The number of fused-ring (bicyclic) bond motifs is 1. The first-order valence-corrected chi connectivity index (χ1v) is 11.5. The number of hydrogen-bond donors (Lipinski definition) is 0. The number of ether oxygens (including phenoxy) is 1. The summed E-state index contributed by atoms with van der Waals surface area (Å²) in [6, 6.07) is 14.9. The van der Waals surface area contributed by atoms with Gasteiger partial charge in [0, 0.05) is 17.4 Å². The van der Waals surface area contributed by atoms with Crippen molar-refractivity contribution in [2.75, 3.05) is 4.90 Å². The topological polar surface area (TPSA) is 55.3 Å². The van der Waals surface area contributed by atoms with E-state index in [0.717, 1.165) is 21.3 Å². The Morgan fingerprint density at radius 1 is 1.12 bits per heavy atom. The van der Waals surface area contributed by atoms with Gasteiger partial charge in [-0.25, -0.2) is 4.98 Å². The molecular formula is C25H24ClN3O2S. The van der Waals surface area contributed by atoms with Crippen LogP contribution in [0.1, 0.15) is 30.5 Å². The first-order chi connectivity index (χ1) is 15.2. The van der Waals surface area contributed by atoms with E-state index in [1.807, 2.05) is 12.1 Å². The zero-order chi connectivity index (χ0) is 22.9. The lowest BCUT2D eigenvalue weighted by atomic mass is 10.1. The molecule has 0 saturated carbocycles. The first kappa shape index (κ1) is 22.2. The van der Waals surface area contributed by atoms with Crippen LogP contribution in [0.3, 0.4) is 0 Å². The molecule has 32 heavy (non-hydrogen) atoms. The molecule has 0 aliphatic heterocycles. The number of benzene rings is 2. The van der Waals surface area contributed by atoms with E-state index in [0.29, 0.717) is 22.4 Å². The van der Waals surface area contributed by atoms with Gasteiger partial charge in [0.05, 0.1) is 16.8 Å². The van der Waals surface area contributed by atoms with Crippen molar-refractivity contribution >= 4 is 44.2 Å². The number of nitrogens with zero attached hydrogens (tertiary/aromatic N) is 3. The predicted molar refractivity (Wildman–Crippen MR) is 131 cm³/mol. The van der Waals surface area contributed by atoms with Gasteiger partial charge >= 0.3 is 0 Å². The summed E-state index contributed by atoms with van der Waals surface area (Å²) in [5.41, 5.74) is 3.00. The van der Waals surface area contributed by atoms with Crippen LogP contribution in [-0.2, 0) is 11.3 Å². The quantitative estimate of drug-likeness (QED) is 0.333. The van der Waals surface area contributed by atoms with E-state index in [9.17, 15) is 4.79 Å². The largest absolute Gasteiger partial charge is 0.478 e. The molecule has 4 aromatic rings. The minimum atomic E-state index is -1.13. The van der Waals surface area contributed by atoms with Crippen molar-refractivity contribution in [2.45, 2.75) is 39.8 Å². The highest BCUT2D eigenvalue weighted by Crippen LogP contribution is 2.34. The Labute approximate surface area is 196 Å². The molecule has 7 heteroatoms. The number of anilines is 1. The van der Waals surface area contributed by atoms with Gasteiger partial charge in [-0.1, -0.05) is 35.1 Å². The molecule has 0 N–H and O–H groups in total. The summed E-state index contributed by atoms with van der Waals surface area (Å²) in [4.78, 5) is 24.5. The number of halogens is 1. The van der Waals surface area contributed by atoms with E-state index in [1.165, 1.54) is 16.9 Å². The zero-order valence-electron chi connectivity index (χ0n) is 18.4. The third kappa shape index (κ3) is 4.61. The Kier molecular flexibility index (Phi) is 6.17. The Hall–Kier alpha value is -2.96. The zero-order valence-corrected chi connectivity index (χ0v) is 20.0. The van der Waals surface area contributed by atoms with Gasteiger partial charge < -0.3 is 4.74 Å². The molecule has 2 aromatic heterocycles. The smallest absolute Gasteiger partial charge is 0.272 e. The lowest BCUT2D eigenvalue weighted by Crippen LogP contribution is -2.48. The van der Waals surface area contributed by atoms with E-state index in [4.69, 9.17) is 21.3 Å². The van der Waals surface area contributed by atoms with Crippen LogP contribution >= 0.6 is 22.9 Å². The van der Waals surface area contributed by atoms with Gasteiger partial charge in [-0.15, -0.1) is 0 Å². The molecule has 0 atom stereocenters. The van der Waals surface area contributed by atoms with Gasteiger partial charge in [-0.2, -0.15) is 0 Å². The van der Waals surface area contributed by atoms with Crippen LogP contribution in [0.15, 0.2) is 60.9 Å². The van der Waals surface area contributed by atoms with E-state index in [2.05, 4.69) is 31.0 Å². The van der Waals surface area contributed by atoms with Crippen molar-refractivity contribution in [1.82, 2.24) is 9.97 Å². The van der Waals surface area contributed by atoms with Crippen molar-refractivity contribution in [2.24, 2.45) is 0 Å². The molecule has 0 fully saturated rings. The maximum atomic E-state index is 13.8. The van der Waals surface area contributed by atoms with Crippen LogP contribution in [-0.4, -0.2) is 21.5 Å². The van der Waals surface area contributed by atoms with Crippen LogP contribution in [0.5, 0.6) is 5.75 Å². The summed E-state index contributed by atoms with van der Waals surface area (Å²) in [5, 5.41) is 1.25. The Bertz CT molecular complexity index is 1250. The van der Waals surface area contributed by atoms with Crippen molar-refractivity contribution in [3.8, 4) is 5.75 Å². The number of carbonyl (C=O) groups excluding carboxylic acids is 1. The molecule has 1 amide bonds. The summed E-state index contributed by atoms with van der Waals surface area (Å²) >= 11 is 7.49. The van der Waals surface area contributed by atoms with Crippen LogP contribution in [0.4, 0.5) is 5.13 Å². The molecule has 5 nitrogen and oxygen atoms in total. The van der Waals surface area contributed by atoms with Crippen molar-refractivity contribution in [3.63, 3.8) is 0 Å². The van der Waals surface area contributed by atoms with Gasteiger partial charge in [-0.05, 0) is 80.8 Å². The van der Waals surface area contributed by atoms with Gasteiger partial charge in [0.2, 0.25) is 0 Å². The maximum absolute atomic E-state index is 13.8. The van der Waals surface area contributed by atoms with Crippen LogP contribution in [0.25, 0.3) is 10.2 Å². The highest BCUT2D eigenvalue weighted by molar-refractivity contribution is 7.22. The second-order valence-corrected chi connectivity index (χ2v) is 9.62. The summed E-state index contributed by atoms with van der Waals surface area (Å²) in [6.45, 7) is 8.00. The van der Waals surface area contributed by atoms with Gasteiger partial charge in [0.1, 0.15) is 5.75 Å². The summed E-state index contributed by atoms with van der Waals surface area (Å²) < 4.78 is 7.13. The third-order valence-corrected chi connectivity index (χ3v) is 6.61. The molecule has 0 radical (unpaired) electrons. The van der Waals surface area contributed by atoms with Gasteiger partial charge in [0.15, 0.2) is 10.7 Å². The minimum absolute atomic E-state index is 0.190. The fourth-order valence-electron chi connectivity index (χ4n) is 3.40. The number of hydrogen-bond acceptors (Lipinski definition) is 5. The molecule has 0 aliphatic rings. The van der Waals surface area contributed by atoms with Crippen LogP contribution in [0.2, 0.25) is 5.02 Å². The van der Waals surface area contributed by atoms with E-state index < -0.39 is 5.60 Å². The SMILES string of the molecule is Cc1ccc2sc(N(Cc3cccnc3)C(=O)C(C)(C)Oc3ccc(Cl)cc3)nc2c1C. The molecular weight excluding hydrogens is 442 g/mol. The third-order valence-electron chi connectivity index (χ3n) is 5.31. The van der Waals surface area contributed by atoms with E-state index >= 15 is 0 Å². The standard InChI is InChI=1S/C25H24ClN3O2S/c1-16-7-12-21-22(17(16)2)28-24(32-21)29(15-18-6-5-13-27-14-18)23(30)25(3,4)31-20-10-8-19(26)9-11-20/h5-14H,15H2,1-4H3. The fourth-order valence-corrected chi connectivity index (χ4v) is 4.54. The van der Waals surface area contributed by atoms with Crippen LogP contribution < -0.4 is 9.64 Å². The van der Waals surface area contributed by atoms with E-state index in [1.54, 1.807) is 55.4 Å². The van der Waals surface area contributed by atoms with Crippen molar-refractivity contribution < 1.29 is 9.53 Å². The van der Waals surface area contributed by atoms with Crippen LogP contribution in [0, 0.1) is 13.8 Å². The maximum Gasteiger partial charge on any atom is 0.272 e. The Morgan fingerprint density at radius 2 is 1.88 bits per heavy atom. The number of aromatic nitrogens is 2. The average Bonchev–Trinajstić information content (AvgIpc) is 3.21. The molecule has 0 saturated heterocycles. The average molecular weight is 466 g/mol. The lowest BCUT2D eigenvalue weighted by Gasteiger charge is -2.31. The second-order valence-electron chi connectivity index (χ2n) is 8.17. The first-order valence-electron chi connectivity index (χ1n) is 10.3.